The maximum Gasteiger partial charge on any atom is 0.338 e. The number of ether oxygens (including phenoxy) is 2. The van der Waals surface area contributed by atoms with Crippen molar-refractivity contribution in [1.29, 1.82) is 0 Å². The average molecular weight is 383 g/mol. The molecule has 0 bridgehead atoms. The van der Waals surface area contributed by atoms with Crippen LogP contribution in [0.15, 0.2) is 48.5 Å². The average Bonchev–Trinajstić information content (AvgIpc) is 2.67. The molecule has 2 rings (SSSR count). The number of nitrogens with one attached hydrogen (secondary N) is 1. The Morgan fingerprint density at radius 3 is 2.04 bits per heavy atom. The van der Waals surface area contributed by atoms with Crippen LogP contribution < -0.4 is 10.1 Å². The number of benzene rings is 2. The third kappa shape index (κ3) is 6.41. The molecule has 1 N–H and O–H groups in total. The number of esters is 1. The molecule has 0 saturated heterocycles. The zero-order valence-electron chi connectivity index (χ0n) is 17.2. The van der Waals surface area contributed by atoms with Gasteiger partial charge in [0.25, 0.3) is 5.91 Å². The minimum Gasteiger partial charge on any atom is -0.481 e. The highest BCUT2D eigenvalue weighted by Crippen LogP contribution is 2.20. The van der Waals surface area contributed by atoms with Crippen molar-refractivity contribution in [1.82, 2.24) is 0 Å². The van der Waals surface area contributed by atoms with Crippen LogP contribution in [0.1, 0.15) is 56.5 Å². The van der Waals surface area contributed by atoms with Crippen molar-refractivity contribution < 1.29 is 19.1 Å². The largest absolute Gasteiger partial charge is 0.481 e. The standard InChI is InChI=1S/C23H29NO4/c1-15(2)14-27-23(26)19-6-10-20(11-7-19)24-22(25)17(5)28-21-12-8-18(9-13-21)16(3)4/h6-13,15-17H,14H2,1-5H3,(H,24,25). The Labute approximate surface area is 167 Å². The van der Waals surface area contributed by atoms with Gasteiger partial charge < -0.3 is 14.8 Å². The summed E-state index contributed by atoms with van der Waals surface area (Å²) < 4.78 is 10.9. The highest BCUT2D eigenvalue weighted by molar-refractivity contribution is 5.95. The summed E-state index contributed by atoms with van der Waals surface area (Å²) in [6, 6.07) is 14.4. The number of hydrogen-bond donors (Lipinski definition) is 1. The maximum atomic E-state index is 12.4. The molecule has 0 aromatic heterocycles. The van der Waals surface area contributed by atoms with Crippen molar-refractivity contribution >= 4 is 17.6 Å². The van der Waals surface area contributed by atoms with Crippen LogP contribution in [0.4, 0.5) is 5.69 Å². The Balaban J connectivity index is 1.90. The first-order chi connectivity index (χ1) is 13.3. The molecule has 2 aromatic carbocycles. The Morgan fingerprint density at radius 1 is 0.893 bits per heavy atom. The zero-order chi connectivity index (χ0) is 20.7. The molecule has 0 aliphatic rings. The van der Waals surface area contributed by atoms with Crippen LogP contribution in [0.25, 0.3) is 0 Å². The van der Waals surface area contributed by atoms with Crippen molar-refractivity contribution in [2.45, 2.75) is 46.6 Å². The van der Waals surface area contributed by atoms with Gasteiger partial charge in [0, 0.05) is 5.69 Å². The van der Waals surface area contributed by atoms with Crippen LogP contribution >= 0.6 is 0 Å². The molecule has 0 heterocycles. The molecule has 0 saturated carbocycles. The third-order valence-corrected chi connectivity index (χ3v) is 4.16. The van der Waals surface area contributed by atoms with Crippen LogP contribution in [-0.2, 0) is 9.53 Å². The van der Waals surface area contributed by atoms with Crippen molar-refractivity contribution in [2.24, 2.45) is 5.92 Å². The first-order valence-corrected chi connectivity index (χ1v) is 9.61. The number of rotatable bonds is 8. The second-order valence-corrected chi connectivity index (χ2v) is 7.54. The van der Waals surface area contributed by atoms with E-state index in [1.54, 1.807) is 31.2 Å². The molecule has 0 aliphatic carbocycles. The SMILES string of the molecule is CC(C)COC(=O)c1ccc(NC(=O)C(C)Oc2ccc(C(C)C)cc2)cc1. The van der Waals surface area contributed by atoms with E-state index in [1.807, 2.05) is 38.1 Å². The molecule has 150 valence electrons. The van der Waals surface area contributed by atoms with Gasteiger partial charge in [-0.3, -0.25) is 4.79 Å². The number of hydrogen-bond acceptors (Lipinski definition) is 4. The minimum absolute atomic E-state index is 0.261. The second-order valence-electron chi connectivity index (χ2n) is 7.54. The lowest BCUT2D eigenvalue weighted by Crippen LogP contribution is -2.30. The summed E-state index contributed by atoms with van der Waals surface area (Å²) >= 11 is 0. The molecule has 0 fully saturated rings. The number of carbonyl (C=O) groups excluding carboxylic acids is 2. The van der Waals surface area contributed by atoms with E-state index < -0.39 is 6.10 Å². The molecule has 5 heteroatoms. The normalized spacial score (nSPS) is 12.0. The Hall–Kier alpha value is -2.82. The smallest absolute Gasteiger partial charge is 0.338 e. The highest BCUT2D eigenvalue weighted by atomic mass is 16.5. The van der Waals surface area contributed by atoms with E-state index in [0.717, 1.165) is 0 Å². The summed E-state index contributed by atoms with van der Waals surface area (Å²) in [5.74, 6) is 0.748. The van der Waals surface area contributed by atoms with E-state index in [1.165, 1.54) is 5.56 Å². The molecule has 2 aromatic rings. The quantitative estimate of drug-likeness (QED) is 0.650. The molecular weight excluding hydrogens is 354 g/mol. The summed E-state index contributed by atoms with van der Waals surface area (Å²) in [6.07, 6.45) is -0.652. The van der Waals surface area contributed by atoms with Crippen molar-refractivity contribution in [3.05, 3.63) is 59.7 Å². The van der Waals surface area contributed by atoms with Gasteiger partial charge in [-0.15, -0.1) is 0 Å². The molecule has 1 amide bonds. The lowest BCUT2D eigenvalue weighted by atomic mass is 10.0. The topological polar surface area (TPSA) is 64.6 Å². The summed E-state index contributed by atoms with van der Waals surface area (Å²) in [7, 11) is 0. The fraction of sp³-hybridized carbons (Fsp3) is 0.391. The maximum absolute atomic E-state index is 12.4. The Bertz CT molecular complexity index is 779. The van der Waals surface area contributed by atoms with Gasteiger partial charge in [-0.25, -0.2) is 4.79 Å². The van der Waals surface area contributed by atoms with Gasteiger partial charge in [-0.05, 0) is 60.7 Å². The Kier molecular flexibility index (Phi) is 7.61. The first-order valence-electron chi connectivity index (χ1n) is 9.61. The van der Waals surface area contributed by atoms with Gasteiger partial charge in [-0.1, -0.05) is 39.8 Å². The van der Waals surface area contributed by atoms with E-state index in [9.17, 15) is 9.59 Å². The summed E-state index contributed by atoms with van der Waals surface area (Å²) in [4.78, 5) is 24.3. The lowest BCUT2D eigenvalue weighted by Gasteiger charge is -2.15. The summed E-state index contributed by atoms with van der Waals surface area (Å²) in [5, 5.41) is 2.79. The van der Waals surface area contributed by atoms with E-state index in [-0.39, 0.29) is 17.8 Å². The zero-order valence-corrected chi connectivity index (χ0v) is 17.2. The van der Waals surface area contributed by atoms with Gasteiger partial charge in [0.2, 0.25) is 0 Å². The molecule has 0 aliphatic heterocycles. The fourth-order valence-electron chi connectivity index (χ4n) is 2.45. The minimum atomic E-state index is -0.652. The molecule has 1 atom stereocenters. The third-order valence-electron chi connectivity index (χ3n) is 4.16. The van der Waals surface area contributed by atoms with Gasteiger partial charge in [-0.2, -0.15) is 0 Å². The van der Waals surface area contributed by atoms with Crippen molar-refractivity contribution in [3.8, 4) is 5.75 Å². The van der Waals surface area contributed by atoms with Crippen LogP contribution in [0.5, 0.6) is 5.75 Å². The van der Waals surface area contributed by atoms with Gasteiger partial charge in [0.1, 0.15) is 5.75 Å². The lowest BCUT2D eigenvalue weighted by molar-refractivity contribution is -0.122. The summed E-state index contributed by atoms with van der Waals surface area (Å²) in [6.45, 7) is 10.3. The molecule has 0 spiro atoms. The predicted molar refractivity (Wildman–Crippen MR) is 111 cm³/mol. The van der Waals surface area contributed by atoms with E-state index in [0.29, 0.717) is 29.5 Å². The van der Waals surface area contributed by atoms with Gasteiger partial charge >= 0.3 is 5.97 Å². The van der Waals surface area contributed by atoms with E-state index >= 15 is 0 Å². The van der Waals surface area contributed by atoms with E-state index in [4.69, 9.17) is 9.47 Å². The molecular formula is C23H29NO4. The highest BCUT2D eigenvalue weighted by Gasteiger charge is 2.16. The van der Waals surface area contributed by atoms with Crippen LogP contribution in [0.3, 0.4) is 0 Å². The van der Waals surface area contributed by atoms with Gasteiger partial charge in [0.15, 0.2) is 6.10 Å². The summed E-state index contributed by atoms with van der Waals surface area (Å²) in [5.41, 5.74) is 2.26. The van der Waals surface area contributed by atoms with Crippen LogP contribution in [0, 0.1) is 5.92 Å². The first kappa shape index (κ1) is 21.5. The van der Waals surface area contributed by atoms with Gasteiger partial charge in [0.05, 0.1) is 12.2 Å². The molecule has 1 unspecified atom stereocenters. The number of anilines is 1. The number of carbonyl (C=O) groups is 2. The second kappa shape index (κ2) is 9.93. The fourth-order valence-corrected chi connectivity index (χ4v) is 2.45. The van der Waals surface area contributed by atoms with Crippen molar-refractivity contribution in [3.63, 3.8) is 0 Å². The molecule has 5 nitrogen and oxygen atoms in total. The number of amides is 1. The monoisotopic (exact) mass is 383 g/mol. The molecule has 0 radical (unpaired) electrons. The van der Waals surface area contributed by atoms with Crippen molar-refractivity contribution in [2.75, 3.05) is 11.9 Å². The predicted octanol–water partition coefficient (Wildman–Crippen LogP) is 5.03. The van der Waals surface area contributed by atoms with Crippen LogP contribution in [0.2, 0.25) is 0 Å². The molecule has 28 heavy (non-hydrogen) atoms. The van der Waals surface area contributed by atoms with Crippen LogP contribution in [-0.4, -0.2) is 24.6 Å². The Morgan fingerprint density at radius 2 is 1.50 bits per heavy atom. The van der Waals surface area contributed by atoms with E-state index in [2.05, 4.69) is 19.2 Å².